The van der Waals surface area contributed by atoms with Crippen LogP contribution in [-0.2, 0) is 11.3 Å². The van der Waals surface area contributed by atoms with Gasteiger partial charge in [0.1, 0.15) is 0 Å². The standard InChI is InChI=1S/C15H21N3O2S/c1-2-20-15(19)18-10-8-17(9-11-18)14(21)16-12-13-6-4-3-5-7-13/h3-7H,2,8-12H2,1H3,(H,16,21). The normalized spacial score (nSPS) is 14.7. The number of piperazine rings is 1. The van der Waals surface area contributed by atoms with Crippen molar-refractivity contribution in [2.45, 2.75) is 13.5 Å². The van der Waals surface area contributed by atoms with E-state index in [1.807, 2.05) is 25.1 Å². The molecule has 0 saturated carbocycles. The lowest BCUT2D eigenvalue weighted by atomic mass is 10.2. The van der Waals surface area contributed by atoms with Gasteiger partial charge in [0, 0.05) is 32.7 Å². The Kier molecular flexibility index (Phi) is 5.80. The van der Waals surface area contributed by atoms with Gasteiger partial charge in [0.15, 0.2) is 5.11 Å². The number of carbonyl (C=O) groups is 1. The zero-order valence-electron chi connectivity index (χ0n) is 12.2. The zero-order chi connectivity index (χ0) is 15.1. The molecule has 5 nitrogen and oxygen atoms in total. The molecule has 6 heteroatoms. The Morgan fingerprint density at radius 3 is 2.43 bits per heavy atom. The number of rotatable bonds is 3. The van der Waals surface area contributed by atoms with Gasteiger partial charge in [-0.1, -0.05) is 30.3 Å². The number of nitrogens with zero attached hydrogens (tertiary/aromatic N) is 2. The second kappa shape index (κ2) is 7.83. The number of carbonyl (C=O) groups excluding carboxylic acids is 1. The summed E-state index contributed by atoms with van der Waals surface area (Å²) in [5, 5.41) is 4.00. The van der Waals surface area contributed by atoms with Crippen molar-refractivity contribution in [3.05, 3.63) is 35.9 Å². The lowest BCUT2D eigenvalue weighted by Gasteiger charge is -2.35. The van der Waals surface area contributed by atoms with E-state index in [1.54, 1.807) is 4.90 Å². The van der Waals surface area contributed by atoms with Crippen LogP contribution in [0.25, 0.3) is 0 Å². The maximum absolute atomic E-state index is 11.6. The molecular formula is C15H21N3O2S. The van der Waals surface area contributed by atoms with Crippen molar-refractivity contribution in [2.75, 3.05) is 32.8 Å². The first-order valence-electron chi connectivity index (χ1n) is 7.19. The molecule has 0 radical (unpaired) electrons. The summed E-state index contributed by atoms with van der Waals surface area (Å²) in [6, 6.07) is 10.1. The minimum absolute atomic E-state index is 0.236. The first-order valence-corrected chi connectivity index (χ1v) is 7.60. The number of thiocarbonyl (C=S) groups is 1. The quantitative estimate of drug-likeness (QED) is 0.863. The van der Waals surface area contributed by atoms with E-state index in [1.165, 1.54) is 5.56 Å². The highest BCUT2D eigenvalue weighted by atomic mass is 32.1. The molecule has 2 rings (SSSR count). The Balaban J connectivity index is 1.74. The van der Waals surface area contributed by atoms with Crippen LogP contribution < -0.4 is 5.32 Å². The molecule has 0 bridgehead atoms. The molecule has 1 N–H and O–H groups in total. The molecule has 1 saturated heterocycles. The smallest absolute Gasteiger partial charge is 0.409 e. The van der Waals surface area contributed by atoms with Crippen LogP contribution >= 0.6 is 12.2 Å². The Morgan fingerprint density at radius 2 is 1.81 bits per heavy atom. The summed E-state index contributed by atoms with van der Waals surface area (Å²) in [6.07, 6.45) is -0.236. The Labute approximate surface area is 130 Å². The van der Waals surface area contributed by atoms with Crippen LogP contribution in [0.3, 0.4) is 0 Å². The van der Waals surface area contributed by atoms with Gasteiger partial charge in [-0.05, 0) is 24.7 Å². The molecule has 0 spiro atoms. The number of benzene rings is 1. The molecule has 1 aromatic rings. The number of hydrogen-bond donors (Lipinski definition) is 1. The van der Waals surface area contributed by atoms with Crippen LogP contribution in [0.15, 0.2) is 30.3 Å². The van der Waals surface area contributed by atoms with Gasteiger partial charge >= 0.3 is 6.09 Å². The van der Waals surface area contributed by atoms with Gasteiger partial charge in [0.25, 0.3) is 0 Å². The molecule has 1 aromatic carbocycles. The summed E-state index contributed by atoms with van der Waals surface area (Å²) in [6.45, 7) is 5.71. The Morgan fingerprint density at radius 1 is 1.19 bits per heavy atom. The van der Waals surface area contributed by atoms with Crippen molar-refractivity contribution in [3.63, 3.8) is 0 Å². The van der Waals surface area contributed by atoms with Crippen LogP contribution in [0.1, 0.15) is 12.5 Å². The average molecular weight is 307 g/mol. The lowest BCUT2D eigenvalue weighted by Crippen LogP contribution is -2.53. The maximum atomic E-state index is 11.6. The third-order valence-corrected chi connectivity index (χ3v) is 3.78. The fraction of sp³-hybridized carbons (Fsp3) is 0.467. The fourth-order valence-corrected chi connectivity index (χ4v) is 2.45. The van der Waals surface area contributed by atoms with Gasteiger partial charge in [-0.25, -0.2) is 4.79 Å². The molecule has 0 aromatic heterocycles. The van der Waals surface area contributed by atoms with Crippen molar-refractivity contribution in [1.82, 2.24) is 15.1 Å². The first kappa shape index (κ1) is 15.6. The Bertz CT molecular complexity index is 473. The highest BCUT2D eigenvalue weighted by Gasteiger charge is 2.22. The summed E-state index contributed by atoms with van der Waals surface area (Å²) in [4.78, 5) is 15.4. The van der Waals surface area contributed by atoms with Gasteiger partial charge in [0.2, 0.25) is 0 Å². The third-order valence-electron chi connectivity index (χ3n) is 3.38. The molecule has 0 aliphatic carbocycles. The topological polar surface area (TPSA) is 44.8 Å². The van der Waals surface area contributed by atoms with E-state index in [4.69, 9.17) is 17.0 Å². The lowest BCUT2D eigenvalue weighted by molar-refractivity contribution is 0.0918. The maximum Gasteiger partial charge on any atom is 0.409 e. The highest BCUT2D eigenvalue weighted by Crippen LogP contribution is 2.05. The van der Waals surface area contributed by atoms with Crippen LogP contribution in [0, 0.1) is 0 Å². The highest BCUT2D eigenvalue weighted by molar-refractivity contribution is 7.80. The third kappa shape index (κ3) is 4.60. The van der Waals surface area contributed by atoms with Gasteiger partial charge in [-0.15, -0.1) is 0 Å². The minimum Gasteiger partial charge on any atom is -0.450 e. The zero-order valence-corrected chi connectivity index (χ0v) is 13.1. The molecule has 1 aliphatic rings. The largest absolute Gasteiger partial charge is 0.450 e. The molecule has 0 atom stereocenters. The average Bonchev–Trinajstić information content (AvgIpc) is 2.54. The van der Waals surface area contributed by atoms with Crippen LogP contribution in [-0.4, -0.2) is 53.8 Å². The Hall–Kier alpha value is -1.82. The van der Waals surface area contributed by atoms with Gasteiger partial charge < -0.3 is 19.9 Å². The SMILES string of the molecule is CCOC(=O)N1CCN(C(=S)NCc2ccccc2)CC1. The summed E-state index contributed by atoms with van der Waals surface area (Å²) in [5.41, 5.74) is 1.20. The van der Waals surface area contributed by atoms with Crippen molar-refractivity contribution in [2.24, 2.45) is 0 Å². The van der Waals surface area contributed by atoms with E-state index < -0.39 is 0 Å². The predicted molar refractivity (Wildman–Crippen MR) is 86.0 cm³/mol. The van der Waals surface area contributed by atoms with E-state index in [2.05, 4.69) is 22.3 Å². The molecule has 0 unspecified atom stereocenters. The minimum atomic E-state index is -0.236. The van der Waals surface area contributed by atoms with Crippen LogP contribution in [0.2, 0.25) is 0 Å². The summed E-state index contributed by atoms with van der Waals surface area (Å²) in [7, 11) is 0. The van der Waals surface area contributed by atoms with E-state index >= 15 is 0 Å². The summed E-state index contributed by atoms with van der Waals surface area (Å²) >= 11 is 5.41. The molecular weight excluding hydrogens is 286 g/mol. The molecule has 1 heterocycles. The summed E-state index contributed by atoms with van der Waals surface area (Å²) in [5.74, 6) is 0. The van der Waals surface area contributed by atoms with Gasteiger partial charge in [-0.2, -0.15) is 0 Å². The number of nitrogens with one attached hydrogen (secondary N) is 1. The van der Waals surface area contributed by atoms with E-state index in [0.29, 0.717) is 19.7 Å². The second-order valence-electron chi connectivity index (χ2n) is 4.82. The number of hydrogen-bond acceptors (Lipinski definition) is 3. The number of ether oxygens (including phenoxy) is 1. The predicted octanol–water partition coefficient (Wildman–Crippen LogP) is 1.84. The van der Waals surface area contributed by atoms with Crippen molar-refractivity contribution in [3.8, 4) is 0 Å². The fourth-order valence-electron chi connectivity index (χ4n) is 2.19. The second-order valence-corrected chi connectivity index (χ2v) is 5.20. The molecule has 1 amide bonds. The molecule has 1 fully saturated rings. The first-order chi connectivity index (χ1) is 10.2. The monoisotopic (exact) mass is 307 g/mol. The van der Waals surface area contributed by atoms with E-state index in [9.17, 15) is 4.79 Å². The van der Waals surface area contributed by atoms with Crippen molar-refractivity contribution in [1.29, 1.82) is 0 Å². The summed E-state index contributed by atoms with van der Waals surface area (Å²) < 4.78 is 5.00. The van der Waals surface area contributed by atoms with Gasteiger partial charge in [0.05, 0.1) is 6.61 Å². The van der Waals surface area contributed by atoms with E-state index in [-0.39, 0.29) is 6.09 Å². The molecule has 21 heavy (non-hydrogen) atoms. The molecule has 1 aliphatic heterocycles. The number of amides is 1. The van der Waals surface area contributed by atoms with Crippen molar-refractivity contribution >= 4 is 23.4 Å². The van der Waals surface area contributed by atoms with Gasteiger partial charge in [-0.3, -0.25) is 0 Å². The molecule has 114 valence electrons. The van der Waals surface area contributed by atoms with Crippen LogP contribution in [0.4, 0.5) is 4.79 Å². The van der Waals surface area contributed by atoms with Crippen LogP contribution in [0.5, 0.6) is 0 Å². The van der Waals surface area contributed by atoms with E-state index in [0.717, 1.165) is 24.7 Å². The van der Waals surface area contributed by atoms with Crippen molar-refractivity contribution < 1.29 is 9.53 Å².